The number of aliphatic carboxylic acids is 4. The molecule has 0 saturated heterocycles. The largest absolute Gasteiger partial charge is 0.481 e. The van der Waals surface area contributed by atoms with Gasteiger partial charge in [0, 0.05) is 0 Å². The van der Waals surface area contributed by atoms with E-state index in [1.807, 2.05) is 0 Å². The summed E-state index contributed by atoms with van der Waals surface area (Å²) < 4.78 is 0. The molecule has 2 aromatic rings. The Balaban J connectivity index is 0.000000420. The van der Waals surface area contributed by atoms with Gasteiger partial charge in [-0.15, -0.1) is 0 Å². The maximum Gasteiger partial charge on any atom is 0.317 e. The summed E-state index contributed by atoms with van der Waals surface area (Å²) >= 11 is 0. The first-order chi connectivity index (χ1) is 14.1. The number of carboxylic acid groups (broad SMARTS) is 4. The van der Waals surface area contributed by atoms with E-state index in [-0.39, 0.29) is 12.8 Å². The summed E-state index contributed by atoms with van der Waals surface area (Å²) in [5, 5.41) is 35.8. The number of hydrogen-bond acceptors (Lipinski definition) is 4. The molecule has 8 nitrogen and oxygen atoms in total. The zero-order chi connectivity index (χ0) is 23.1. The number of fused-ring (bicyclic) bond motifs is 1. The third kappa shape index (κ3) is 10.2. The number of benzene rings is 2. The Hall–Kier alpha value is -3.42. The molecule has 0 fully saturated rings. The SMILES string of the molecule is CCCC(C(=O)O)C(=O)O.CCCC(C(=O)O)C(=O)O.c1ccc2ccccc2c1. The second-order valence-corrected chi connectivity index (χ2v) is 6.38. The fourth-order valence-corrected chi connectivity index (χ4v) is 2.42. The van der Waals surface area contributed by atoms with Crippen molar-refractivity contribution in [3.8, 4) is 0 Å². The van der Waals surface area contributed by atoms with Gasteiger partial charge in [-0.25, -0.2) is 0 Å². The van der Waals surface area contributed by atoms with Crippen molar-refractivity contribution in [2.45, 2.75) is 39.5 Å². The molecule has 0 atom stereocenters. The fourth-order valence-electron chi connectivity index (χ4n) is 2.42. The topological polar surface area (TPSA) is 149 Å². The molecule has 0 radical (unpaired) electrons. The highest BCUT2D eigenvalue weighted by Gasteiger charge is 2.24. The van der Waals surface area contributed by atoms with Crippen LogP contribution in [0.3, 0.4) is 0 Å². The Kier molecular flexibility index (Phi) is 12.9. The zero-order valence-electron chi connectivity index (χ0n) is 17.0. The van der Waals surface area contributed by atoms with Gasteiger partial charge in [-0.2, -0.15) is 0 Å². The van der Waals surface area contributed by atoms with Gasteiger partial charge in [0.05, 0.1) is 0 Å². The van der Waals surface area contributed by atoms with Crippen molar-refractivity contribution < 1.29 is 39.6 Å². The molecular formula is C22H28O8. The Morgan fingerprint density at radius 1 is 0.600 bits per heavy atom. The van der Waals surface area contributed by atoms with Crippen molar-refractivity contribution >= 4 is 34.6 Å². The molecule has 2 rings (SSSR count). The number of hydrogen-bond donors (Lipinski definition) is 4. The first-order valence-electron chi connectivity index (χ1n) is 9.50. The highest BCUT2D eigenvalue weighted by Crippen LogP contribution is 2.11. The van der Waals surface area contributed by atoms with Crippen molar-refractivity contribution in [2.24, 2.45) is 11.8 Å². The molecule has 0 heterocycles. The molecule has 8 heteroatoms. The summed E-state index contributed by atoms with van der Waals surface area (Å²) in [5.41, 5.74) is 0. The van der Waals surface area contributed by atoms with Crippen molar-refractivity contribution in [1.29, 1.82) is 0 Å². The Morgan fingerprint density at radius 3 is 0.967 bits per heavy atom. The van der Waals surface area contributed by atoms with Gasteiger partial charge in [-0.05, 0) is 23.6 Å². The van der Waals surface area contributed by atoms with E-state index in [1.54, 1.807) is 13.8 Å². The minimum Gasteiger partial charge on any atom is -0.481 e. The molecule has 0 amide bonds. The third-order valence-corrected chi connectivity index (χ3v) is 4.01. The zero-order valence-corrected chi connectivity index (χ0v) is 17.0. The van der Waals surface area contributed by atoms with Gasteiger partial charge in [0.15, 0.2) is 11.8 Å². The van der Waals surface area contributed by atoms with Gasteiger partial charge in [0.25, 0.3) is 0 Å². The van der Waals surface area contributed by atoms with Crippen LogP contribution in [0.1, 0.15) is 39.5 Å². The molecule has 0 aliphatic rings. The van der Waals surface area contributed by atoms with Gasteiger partial charge in [0.1, 0.15) is 0 Å². The molecule has 164 valence electrons. The summed E-state index contributed by atoms with van der Waals surface area (Å²) in [7, 11) is 0. The second-order valence-electron chi connectivity index (χ2n) is 6.38. The molecule has 0 aliphatic heterocycles. The summed E-state index contributed by atoms with van der Waals surface area (Å²) in [5.74, 6) is -7.48. The first kappa shape index (κ1) is 26.6. The van der Waals surface area contributed by atoms with Crippen molar-refractivity contribution in [1.82, 2.24) is 0 Å². The smallest absolute Gasteiger partial charge is 0.317 e. The normalized spacial score (nSPS) is 9.87. The molecule has 0 bridgehead atoms. The maximum absolute atomic E-state index is 10.2. The average molecular weight is 420 g/mol. The molecule has 0 spiro atoms. The lowest BCUT2D eigenvalue weighted by Gasteiger charge is -2.02. The number of carboxylic acids is 4. The lowest BCUT2D eigenvalue weighted by Crippen LogP contribution is -2.22. The van der Waals surface area contributed by atoms with Gasteiger partial charge < -0.3 is 20.4 Å². The summed E-state index contributed by atoms with van der Waals surface area (Å²) in [6.45, 7) is 3.50. The van der Waals surface area contributed by atoms with Gasteiger partial charge >= 0.3 is 23.9 Å². The molecule has 30 heavy (non-hydrogen) atoms. The molecule has 0 unspecified atom stereocenters. The van der Waals surface area contributed by atoms with Crippen molar-refractivity contribution in [3.05, 3.63) is 48.5 Å². The van der Waals surface area contributed by atoms with Crippen LogP contribution in [0.2, 0.25) is 0 Å². The first-order valence-corrected chi connectivity index (χ1v) is 9.50. The minimum absolute atomic E-state index is 0.199. The van der Waals surface area contributed by atoms with Crippen LogP contribution in [0, 0.1) is 11.8 Å². The second kappa shape index (κ2) is 14.6. The van der Waals surface area contributed by atoms with Crippen molar-refractivity contribution in [3.63, 3.8) is 0 Å². The molecule has 4 N–H and O–H groups in total. The van der Waals surface area contributed by atoms with Crippen LogP contribution in [0.25, 0.3) is 10.8 Å². The highest BCUT2D eigenvalue weighted by molar-refractivity contribution is 5.93. The Bertz CT molecular complexity index is 703. The van der Waals surface area contributed by atoms with E-state index < -0.39 is 35.7 Å². The molecule has 0 saturated carbocycles. The van der Waals surface area contributed by atoms with Crippen LogP contribution in [-0.4, -0.2) is 44.3 Å². The van der Waals surface area contributed by atoms with Gasteiger partial charge in [0.2, 0.25) is 0 Å². The molecule has 0 aliphatic carbocycles. The number of carbonyl (C=O) groups is 4. The van der Waals surface area contributed by atoms with Crippen LogP contribution in [-0.2, 0) is 19.2 Å². The van der Waals surface area contributed by atoms with E-state index in [2.05, 4.69) is 48.5 Å². The van der Waals surface area contributed by atoms with Crippen LogP contribution in [0.5, 0.6) is 0 Å². The standard InChI is InChI=1S/C10H8.2C6H10O4/c1-2-6-10-8-4-3-7-9(10)5-1;2*1-2-3-4(5(7)8)6(9)10/h1-8H;2*4H,2-3H2,1H3,(H,7,8)(H,9,10). The lowest BCUT2D eigenvalue weighted by atomic mass is 10.1. The summed E-state index contributed by atoms with van der Waals surface area (Å²) in [6.07, 6.45) is 1.54. The van der Waals surface area contributed by atoms with E-state index in [0.29, 0.717) is 12.8 Å². The average Bonchev–Trinajstić information content (AvgIpc) is 2.70. The molecule has 2 aromatic carbocycles. The summed E-state index contributed by atoms with van der Waals surface area (Å²) in [6, 6.07) is 16.7. The molecule has 0 aromatic heterocycles. The van der Waals surface area contributed by atoms with Crippen LogP contribution >= 0.6 is 0 Å². The van der Waals surface area contributed by atoms with Gasteiger partial charge in [-0.1, -0.05) is 75.2 Å². The Morgan fingerprint density at radius 2 is 0.833 bits per heavy atom. The lowest BCUT2D eigenvalue weighted by molar-refractivity contribution is -0.156. The van der Waals surface area contributed by atoms with E-state index in [9.17, 15) is 19.2 Å². The highest BCUT2D eigenvalue weighted by atomic mass is 16.4. The van der Waals surface area contributed by atoms with E-state index in [0.717, 1.165) is 0 Å². The number of rotatable bonds is 8. The Labute approximate surface area is 174 Å². The predicted molar refractivity (Wildman–Crippen MR) is 111 cm³/mol. The third-order valence-electron chi connectivity index (χ3n) is 4.01. The molecular weight excluding hydrogens is 392 g/mol. The maximum atomic E-state index is 10.2. The van der Waals surface area contributed by atoms with E-state index in [1.165, 1.54) is 10.8 Å². The van der Waals surface area contributed by atoms with Crippen LogP contribution in [0.4, 0.5) is 0 Å². The van der Waals surface area contributed by atoms with Crippen LogP contribution < -0.4 is 0 Å². The minimum atomic E-state index is -1.26. The van der Waals surface area contributed by atoms with Gasteiger partial charge in [-0.3, -0.25) is 19.2 Å². The van der Waals surface area contributed by atoms with Crippen molar-refractivity contribution in [2.75, 3.05) is 0 Å². The fraction of sp³-hybridized carbons (Fsp3) is 0.364. The monoisotopic (exact) mass is 420 g/mol. The summed E-state index contributed by atoms with van der Waals surface area (Å²) in [4.78, 5) is 40.6. The van der Waals surface area contributed by atoms with Crippen LogP contribution in [0.15, 0.2) is 48.5 Å². The quantitative estimate of drug-likeness (QED) is 0.468. The predicted octanol–water partition coefficient (Wildman–Crippen LogP) is 3.98. The van der Waals surface area contributed by atoms with E-state index in [4.69, 9.17) is 20.4 Å². The van der Waals surface area contributed by atoms with E-state index >= 15 is 0 Å².